The maximum absolute atomic E-state index is 5.27. The Hall–Kier alpha value is -2.04. The molecule has 1 aromatic heterocycles. The topological polar surface area (TPSA) is 54.2 Å². The van der Waals surface area contributed by atoms with Gasteiger partial charge in [-0.05, 0) is 37.6 Å². The average molecular weight is 274 g/mol. The minimum Gasteiger partial charge on any atom is -0.385 e. The normalized spacial score (nSPS) is 10.5. The maximum Gasteiger partial charge on any atom is 0.266 e. The van der Waals surface area contributed by atoms with E-state index >= 15 is 0 Å². The second kappa shape index (κ2) is 7.53. The van der Waals surface area contributed by atoms with E-state index in [0.29, 0.717) is 11.8 Å². The minimum absolute atomic E-state index is 0.695. The SMILES string of the molecule is CCN(CC)c1noc(CCCNc2ccccc2)n1. The first-order chi connectivity index (χ1) is 9.83. The zero-order valence-electron chi connectivity index (χ0n) is 12.2. The fraction of sp³-hybridized carbons (Fsp3) is 0.467. The molecule has 1 aromatic carbocycles. The molecule has 0 unspecified atom stereocenters. The van der Waals surface area contributed by atoms with Crippen molar-refractivity contribution >= 4 is 11.6 Å². The van der Waals surface area contributed by atoms with Crippen LogP contribution in [-0.2, 0) is 6.42 Å². The van der Waals surface area contributed by atoms with E-state index in [4.69, 9.17) is 4.52 Å². The van der Waals surface area contributed by atoms with Gasteiger partial charge in [0.2, 0.25) is 5.89 Å². The quantitative estimate of drug-likeness (QED) is 0.750. The molecule has 5 nitrogen and oxygen atoms in total. The van der Waals surface area contributed by atoms with Crippen molar-refractivity contribution in [2.24, 2.45) is 0 Å². The summed E-state index contributed by atoms with van der Waals surface area (Å²) in [5, 5.41) is 7.38. The Bertz CT molecular complexity index is 494. The first kappa shape index (κ1) is 14.4. The molecule has 108 valence electrons. The van der Waals surface area contributed by atoms with Crippen LogP contribution in [0.5, 0.6) is 0 Å². The third-order valence-corrected chi connectivity index (χ3v) is 3.17. The monoisotopic (exact) mass is 274 g/mol. The van der Waals surface area contributed by atoms with Crippen molar-refractivity contribution < 1.29 is 4.52 Å². The molecular weight excluding hydrogens is 252 g/mol. The first-order valence-corrected chi connectivity index (χ1v) is 7.20. The Labute approximate surface area is 120 Å². The number of rotatable bonds is 8. The van der Waals surface area contributed by atoms with Gasteiger partial charge in [0.15, 0.2) is 0 Å². The van der Waals surface area contributed by atoms with Crippen LogP contribution in [0, 0.1) is 0 Å². The largest absolute Gasteiger partial charge is 0.385 e. The maximum atomic E-state index is 5.27. The standard InChI is InChI=1S/C15H22N4O/c1-3-19(4-2)15-17-14(20-18-15)11-8-12-16-13-9-6-5-7-10-13/h5-7,9-10,16H,3-4,8,11-12H2,1-2H3. The number of nitrogens with one attached hydrogen (secondary N) is 1. The Morgan fingerprint density at radius 1 is 1.15 bits per heavy atom. The van der Waals surface area contributed by atoms with Crippen LogP contribution in [-0.4, -0.2) is 29.8 Å². The lowest BCUT2D eigenvalue weighted by Gasteiger charge is -2.14. The summed E-state index contributed by atoms with van der Waals surface area (Å²) in [5.74, 6) is 1.41. The van der Waals surface area contributed by atoms with Gasteiger partial charge in [0.05, 0.1) is 0 Å². The van der Waals surface area contributed by atoms with Gasteiger partial charge in [-0.25, -0.2) is 0 Å². The van der Waals surface area contributed by atoms with E-state index in [1.165, 1.54) is 0 Å². The van der Waals surface area contributed by atoms with Crippen molar-refractivity contribution in [2.45, 2.75) is 26.7 Å². The Balaban J connectivity index is 1.74. The fourth-order valence-electron chi connectivity index (χ4n) is 2.01. The zero-order valence-corrected chi connectivity index (χ0v) is 12.2. The number of nitrogens with zero attached hydrogens (tertiary/aromatic N) is 3. The molecule has 0 spiro atoms. The van der Waals surface area contributed by atoms with E-state index in [2.05, 4.69) is 46.3 Å². The highest BCUT2D eigenvalue weighted by molar-refractivity contribution is 5.42. The zero-order chi connectivity index (χ0) is 14.2. The van der Waals surface area contributed by atoms with E-state index in [1.54, 1.807) is 0 Å². The molecule has 2 rings (SSSR count). The molecule has 0 bridgehead atoms. The smallest absolute Gasteiger partial charge is 0.266 e. The number of para-hydroxylation sites is 1. The van der Waals surface area contributed by atoms with E-state index in [1.807, 2.05) is 18.2 Å². The van der Waals surface area contributed by atoms with E-state index in [9.17, 15) is 0 Å². The number of anilines is 2. The van der Waals surface area contributed by atoms with Crippen LogP contribution in [0.1, 0.15) is 26.2 Å². The molecule has 1 heterocycles. The third kappa shape index (κ3) is 3.98. The van der Waals surface area contributed by atoms with Gasteiger partial charge < -0.3 is 14.7 Å². The van der Waals surface area contributed by atoms with Crippen molar-refractivity contribution in [3.63, 3.8) is 0 Å². The van der Waals surface area contributed by atoms with Gasteiger partial charge >= 0.3 is 0 Å². The fourth-order valence-corrected chi connectivity index (χ4v) is 2.01. The Morgan fingerprint density at radius 3 is 2.60 bits per heavy atom. The molecule has 0 atom stereocenters. The molecule has 2 aromatic rings. The molecular formula is C15H22N4O. The lowest BCUT2D eigenvalue weighted by atomic mass is 10.3. The summed E-state index contributed by atoms with van der Waals surface area (Å²) < 4.78 is 5.27. The van der Waals surface area contributed by atoms with E-state index in [-0.39, 0.29) is 0 Å². The predicted octanol–water partition coefficient (Wildman–Crippen LogP) is 2.96. The van der Waals surface area contributed by atoms with Gasteiger partial charge in [-0.1, -0.05) is 18.2 Å². The number of aryl methyl sites for hydroxylation is 1. The van der Waals surface area contributed by atoms with Crippen molar-refractivity contribution in [3.8, 4) is 0 Å². The molecule has 0 aliphatic carbocycles. The molecule has 0 radical (unpaired) electrons. The summed E-state index contributed by atoms with van der Waals surface area (Å²) in [6, 6.07) is 10.2. The highest BCUT2D eigenvalue weighted by atomic mass is 16.5. The number of benzene rings is 1. The van der Waals surface area contributed by atoms with Gasteiger partial charge in [0.25, 0.3) is 5.95 Å². The summed E-state index contributed by atoms with van der Waals surface area (Å²) >= 11 is 0. The molecule has 0 amide bonds. The van der Waals surface area contributed by atoms with Crippen LogP contribution in [0.15, 0.2) is 34.9 Å². The van der Waals surface area contributed by atoms with Crippen LogP contribution in [0.4, 0.5) is 11.6 Å². The Morgan fingerprint density at radius 2 is 1.90 bits per heavy atom. The third-order valence-electron chi connectivity index (χ3n) is 3.17. The first-order valence-electron chi connectivity index (χ1n) is 7.20. The van der Waals surface area contributed by atoms with Crippen LogP contribution in [0.3, 0.4) is 0 Å². The van der Waals surface area contributed by atoms with Crippen molar-refractivity contribution in [2.75, 3.05) is 29.9 Å². The van der Waals surface area contributed by atoms with Crippen molar-refractivity contribution in [3.05, 3.63) is 36.2 Å². The highest BCUT2D eigenvalue weighted by Crippen LogP contribution is 2.10. The summed E-state index contributed by atoms with van der Waals surface area (Å²) in [6.07, 6.45) is 1.77. The lowest BCUT2D eigenvalue weighted by Crippen LogP contribution is -2.23. The minimum atomic E-state index is 0.695. The van der Waals surface area contributed by atoms with E-state index < -0.39 is 0 Å². The van der Waals surface area contributed by atoms with E-state index in [0.717, 1.165) is 38.2 Å². The molecule has 0 saturated carbocycles. The summed E-state index contributed by atoms with van der Waals surface area (Å²) in [5.41, 5.74) is 1.14. The van der Waals surface area contributed by atoms with Gasteiger partial charge in [-0.3, -0.25) is 0 Å². The highest BCUT2D eigenvalue weighted by Gasteiger charge is 2.10. The second-order valence-electron chi connectivity index (χ2n) is 4.56. The van der Waals surface area contributed by atoms with Crippen LogP contribution in [0.2, 0.25) is 0 Å². The number of hydrogen-bond donors (Lipinski definition) is 1. The average Bonchev–Trinajstić information content (AvgIpc) is 2.95. The summed E-state index contributed by atoms with van der Waals surface area (Å²) in [6.45, 7) is 6.86. The molecule has 5 heteroatoms. The molecule has 0 aliphatic heterocycles. The number of hydrogen-bond acceptors (Lipinski definition) is 5. The predicted molar refractivity (Wildman–Crippen MR) is 81.1 cm³/mol. The Kier molecular flexibility index (Phi) is 5.41. The van der Waals surface area contributed by atoms with Crippen molar-refractivity contribution in [1.29, 1.82) is 0 Å². The molecule has 1 N–H and O–H groups in total. The van der Waals surface area contributed by atoms with Crippen LogP contribution in [0.25, 0.3) is 0 Å². The molecule has 20 heavy (non-hydrogen) atoms. The van der Waals surface area contributed by atoms with Gasteiger partial charge in [0.1, 0.15) is 0 Å². The van der Waals surface area contributed by atoms with Gasteiger partial charge in [-0.15, -0.1) is 0 Å². The lowest BCUT2D eigenvalue weighted by molar-refractivity contribution is 0.375. The second-order valence-corrected chi connectivity index (χ2v) is 4.56. The van der Waals surface area contributed by atoms with Gasteiger partial charge in [-0.2, -0.15) is 4.98 Å². The van der Waals surface area contributed by atoms with Crippen LogP contribution >= 0.6 is 0 Å². The van der Waals surface area contributed by atoms with Gasteiger partial charge in [0, 0.05) is 31.7 Å². The van der Waals surface area contributed by atoms with Crippen molar-refractivity contribution in [1.82, 2.24) is 10.1 Å². The molecule has 0 saturated heterocycles. The summed E-state index contributed by atoms with van der Waals surface area (Å²) in [4.78, 5) is 6.50. The summed E-state index contributed by atoms with van der Waals surface area (Å²) in [7, 11) is 0. The van der Waals surface area contributed by atoms with Crippen LogP contribution < -0.4 is 10.2 Å². The number of aromatic nitrogens is 2. The molecule has 0 aliphatic rings. The molecule has 0 fully saturated rings.